The maximum Gasteiger partial charge on any atom is 0.160 e. The van der Waals surface area contributed by atoms with Crippen LogP contribution in [0.3, 0.4) is 0 Å². The Morgan fingerprint density at radius 1 is 0.347 bits per heavy atom. The van der Waals surface area contributed by atoms with E-state index >= 15 is 0 Å². The van der Waals surface area contributed by atoms with Crippen LogP contribution < -0.4 is 4.74 Å². The molecule has 0 aliphatic carbocycles. The first-order valence-electron chi connectivity index (χ1n) is 16.6. The third-order valence-electron chi connectivity index (χ3n) is 9.67. The zero-order valence-electron chi connectivity index (χ0n) is 26.5. The Bertz CT molecular complexity index is 2730. The molecule has 0 spiro atoms. The molecule has 0 fully saturated rings. The monoisotopic (exact) mass is 624 g/mol. The first kappa shape index (κ1) is 27.5. The molecule has 1 aliphatic rings. The van der Waals surface area contributed by atoms with Crippen LogP contribution in [0.25, 0.3) is 88.5 Å². The number of ether oxygens (including phenoxy) is 1. The Hall–Kier alpha value is -6.58. The molecule has 3 heteroatoms. The van der Waals surface area contributed by atoms with Crippen molar-refractivity contribution in [2.24, 2.45) is 0 Å². The number of rotatable bonds is 4. The summed E-state index contributed by atoms with van der Waals surface area (Å²) in [6.07, 6.45) is 0. The van der Waals surface area contributed by atoms with Crippen molar-refractivity contribution in [1.82, 2.24) is 9.97 Å². The zero-order chi connectivity index (χ0) is 32.3. The first-order valence-corrected chi connectivity index (χ1v) is 16.6. The molecule has 49 heavy (non-hydrogen) atoms. The van der Waals surface area contributed by atoms with Crippen LogP contribution in [0.2, 0.25) is 0 Å². The van der Waals surface area contributed by atoms with Gasteiger partial charge >= 0.3 is 0 Å². The van der Waals surface area contributed by atoms with E-state index in [2.05, 4.69) is 146 Å². The minimum Gasteiger partial charge on any atom is -0.456 e. The van der Waals surface area contributed by atoms with Gasteiger partial charge in [0.15, 0.2) is 5.82 Å². The number of benzene rings is 8. The summed E-state index contributed by atoms with van der Waals surface area (Å²) >= 11 is 0. The van der Waals surface area contributed by atoms with E-state index < -0.39 is 0 Å². The van der Waals surface area contributed by atoms with Crippen molar-refractivity contribution in [2.75, 3.05) is 0 Å². The van der Waals surface area contributed by atoms with Crippen LogP contribution in [0.15, 0.2) is 170 Å². The Labute approximate surface area is 283 Å². The third-order valence-corrected chi connectivity index (χ3v) is 9.67. The molecule has 9 aromatic rings. The van der Waals surface area contributed by atoms with Gasteiger partial charge in [-0.15, -0.1) is 0 Å². The van der Waals surface area contributed by atoms with Gasteiger partial charge in [0.05, 0.1) is 11.4 Å². The molecule has 0 radical (unpaired) electrons. The van der Waals surface area contributed by atoms with Gasteiger partial charge in [-0.05, 0) is 74.0 Å². The van der Waals surface area contributed by atoms with Gasteiger partial charge in [0.1, 0.15) is 11.5 Å². The van der Waals surface area contributed by atoms with Crippen LogP contribution in [0.1, 0.15) is 0 Å². The Morgan fingerprint density at radius 3 is 1.88 bits per heavy atom. The van der Waals surface area contributed by atoms with E-state index in [4.69, 9.17) is 14.7 Å². The van der Waals surface area contributed by atoms with Gasteiger partial charge in [-0.25, -0.2) is 9.97 Å². The standard InChI is InChI=1S/C46H28N2O/c1-2-10-32(11-3-1)46-47-41(28-42(48-46)39-27-34-12-4-5-15-35(34)36-16-6-7-17-37(36)39)30-22-20-29(21-23-30)33-24-25-43-40(26-33)38-18-8-13-31-14-9-19-44(49-43)45(31)38/h1-28H. The summed E-state index contributed by atoms with van der Waals surface area (Å²) in [4.78, 5) is 10.3. The van der Waals surface area contributed by atoms with E-state index in [-0.39, 0.29) is 0 Å². The fourth-order valence-corrected chi connectivity index (χ4v) is 7.29. The van der Waals surface area contributed by atoms with Crippen molar-refractivity contribution in [1.29, 1.82) is 0 Å². The number of hydrogen-bond donors (Lipinski definition) is 0. The SMILES string of the molecule is c1ccc(-c2nc(-c3ccc(-c4ccc5c(c4)-c4cccc6cccc(c46)O5)cc3)cc(-c3cc4ccccc4c4ccccc34)n2)cc1. The smallest absolute Gasteiger partial charge is 0.160 e. The summed E-state index contributed by atoms with van der Waals surface area (Å²) in [6.45, 7) is 0. The fraction of sp³-hybridized carbons (Fsp3) is 0. The van der Waals surface area contributed by atoms with Crippen molar-refractivity contribution in [3.8, 4) is 67.7 Å². The van der Waals surface area contributed by atoms with Crippen LogP contribution in [-0.4, -0.2) is 9.97 Å². The maximum absolute atomic E-state index is 6.35. The number of nitrogens with zero attached hydrogens (tertiary/aromatic N) is 2. The summed E-state index contributed by atoms with van der Waals surface area (Å²) in [5, 5.41) is 7.18. The molecule has 0 saturated carbocycles. The summed E-state index contributed by atoms with van der Waals surface area (Å²) in [5.41, 5.74) is 9.50. The number of fused-ring (bicyclic) bond motifs is 5. The second-order valence-corrected chi connectivity index (χ2v) is 12.6. The van der Waals surface area contributed by atoms with Crippen LogP contribution >= 0.6 is 0 Å². The van der Waals surface area contributed by atoms with Crippen molar-refractivity contribution in [2.45, 2.75) is 0 Å². The van der Waals surface area contributed by atoms with Crippen LogP contribution in [-0.2, 0) is 0 Å². The molecular weight excluding hydrogens is 597 g/mol. The van der Waals surface area contributed by atoms with Gasteiger partial charge in [-0.1, -0.05) is 140 Å². The molecule has 228 valence electrons. The van der Waals surface area contributed by atoms with E-state index in [0.29, 0.717) is 5.82 Å². The highest BCUT2D eigenvalue weighted by molar-refractivity contribution is 6.13. The fourth-order valence-electron chi connectivity index (χ4n) is 7.29. The molecule has 0 amide bonds. The lowest BCUT2D eigenvalue weighted by atomic mass is 9.92. The summed E-state index contributed by atoms with van der Waals surface area (Å²) in [5.74, 6) is 2.50. The zero-order valence-corrected chi connectivity index (χ0v) is 26.5. The maximum atomic E-state index is 6.35. The Morgan fingerprint density at radius 2 is 1.02 bits per heavy atom. The average molecular weight is 625 g/mol. The molecule has 1 aromatic heterocycles. The Kier molecular flexibility index (Phi) is 6.18. The van der Waals surface area contributed by atoms with E-state index in [1.807, 2.05) is 24.3 Å². The molecular formula is C46H28N2O. The molecule has 0 unspecified atom stereocenters. The average Bonchev–Trinajstić information content (AvgIpc) is 3.18. The van der Waals surface area contributed by atoms with Crippen LogP contribution in [0.5, 0.6) is 11.5 Å². The third kappa shape index (κ3) is 4.59. The molecule has 0 N–H and O–H groups in total. The van der Waals surface area contributed by atoms with Gasteiger partial charge in [0.25, 0.3) is 0 Å². The van der Waals surface area contributed by atoms with E-state index in [0.717, 1.165) is 61.7 Å². The second-order valence-electron chi connectivity index (χ2n) is 12.6. The van der Waals surface area contributed by atoms with Gasteiger partial charge in [-0.2, -0.15) is 0 Å². The minimum atomic E-state index is 0.707. The summed E-state index contributed by atoms with van der Waals surface area (Å²) < 4.78 is 6.35. The highest BCUT2D eigenvalue weighted by Gasteiger charge is 2.20. The lowest BCUT2D eigenvalue weighted by Crippen LogP contribution is -1.97. The predicted molar refractivity (Wildman–Crippen MR) is 202 cm³/mol. The first-order chi connectivity index (χ1) is 24.3. The van der Waals surface area contributed by atoms with Gasteiger partial charge in [0, 0.05) is 27.6 Å². The van der Waals surface area contributed by atoms with Crippen LogP contribution in [0.4, 0.5) is 0 Å². The van der Waals surface area contributed by atoms with Crippen molar-refractivity contribution in [3.05, 3.63) is 170 Å². The van der Waals surface area contributed by atoms with Crippen LogP contribution in [0, 0.1) is 0 Å². The molecule has 10 rings (SSSR count). The predicted octanol–water partition coefficient (Wildman–Crippen LogP) is 12.4. The topological polar surface area (TPSA) is 35.0 Å². The molecule has 8 aromatic carbocycles. The lowest BCUT2D eigenvalue weighted by Gasteiger charge is -2.22. The molecule has 0 bridgehead atoms. The van der Waals surface area contributed by atoms with Crippen molar-refractivity contribution < 1.29 is 4.74 Å². The molecule has 0 saturated heterocycles. The highest BCUT2D eigenvalue weighted by atomic mass is 16.5. The van der Waals surface area contributed by atoms with E-state index in [1.54, 1.807) is 0 Å². The van der Waals surface area contributed by atoms with E-state index in [9.17, 15) is 0 Å². The van der Waals surface area contributed by atoms with Gasteiger partial charge in [0.2, 0.25) is 0 Å². The van der Waals surface area contributed by atoms with Gasteiger partial charge in [-0.3, -0.25) is 0 Å². The summed E-state index contributed by atoms with van der Waals surface area (Å²) in [6, 6.07) is 59.7. The normalized spacial score (nSPS) is 11.8. The van der Waals surface area contributed by atoms with Crippen molar-refractivity contribution >= 4 is 32.3 Å². The van der Waals surface area contributed by atoms with Gasteiger partial charge < -0.3 is 4.74 Å². The van der Waals surface area contributed by atoms with E-state index in [1.165, 1.54) is 32.5 Å². The Balaban J connectivity index is 1.09. The lowest BCUT2D eigenvalue weighted by molar-refractivity contribution is 0.487. The largest absolute Gasteiger partial charge is 0.456 e. The highest BCUT2D eigenvalue weighted by Crippen LogP contribution is 2.47. The number of hydrogen-bond acceptors (Lipinski definition) is 3. The van der Waals surface area contributed by atoms with Crippen molar-refractivity contribution in [3.63, 3.8) is 0 Å². The second kappa shape index (κ2) is 11.0. The molecule has 3 nitrogen and oxygen atoms in total. The summed E-state index contributed by atoms with van der Waals surface area (Å²) in [7, 11) is 0. The molecule has 2 heterocycles. The quantitative estimate of drug-likeness (QED) is 0.183. The molecule has 0 atom stereocenters. The minimum absolute atomic E-state index is 0.707. The molecule has 1 aliphatic heterocycles. The number of aromatic nitrogens is 2.